The van der Waals surface area contributed by atoms with Crippen LogP contribution in [-0.2, 0) is 25.3 Å². The fourth-order valence-corrected chi connectivity index (χ4v) is 12.3. The topological polar surface area (TPSA) is 131 Å². The molecular formula is C34H34F3N5O4S3. The minimum Gasteiger partial charge on any atom is -0.351 e. The number of hydrogen-bond acceptors (Lipinski definition) is 9. The van der Waals surface area contributed by atoms with Gasteiger partial charge in [0.05, 0.1) is 33.5 Å². The van der Waals surface area contributed by atoms with E-state index in [4.69, 9.17) is 9.97 Å². The molecule has 3 aliphatic rings. The van der Waals surface area contributed by atoms with Crippen molar-refractivity contribution in [1.29, 1.82) is 0 Å². The fourth-order valence-electron chi connectivity index (χ4n) is 7.54. The molecular weight excluding hydrogens is 696 g/mol. The second-order valence-electron chi connectivity index (χ2n) is 13.4. The quantitative estimate of drug-likeness (QED) is 0.177. The van der Waals surface area contributed by atoms with Crippen LogP contribution in [0.2, 0.25) is 0 Å². The number of hydrogen-bond donors (Lipinski definition) is 2. The van der Waals surface area contributed by atoms with Gasteiger partial charge in [0.15, 0.2) is 20.5 Å². The average molecular weight is 730 g/mol. The standard InChI is InChI=1S/C34H34F3N5O4S3/c1-4-34(14-18(2)13-19(3)15-34)32-40-29(20-7-5-10-25(27(20)37)42-49(45,46)31-23(35)8-6-9-24(31)36)30(47-32)26-11-12-38-33(39-26)41-28-21-16-48(43,44)17-22(21)28/h5-12,19,21-22,28,42H,2,4,13-17H2,1,3H3,(H,38,39,41)/t19?,21-,22+,28+,34?. The number of aromatic nitrogens is 3. The first-order valence-corrected chi connectivity index (χ1v) is 20.1. The third-order valence-corrected chi connectivity index (χ3v) is 14.3. The molecule has 0 bridgehead atoms. The van der Waals surface area contributed by atoms with Crippen molar-refractivity contribution in [1.82, 2.24) is 15.0 Å². The molecule has 15 heteroatoms. The van der Waals surface area contributed by atoms with Crippen molar-refractivity contribution in [2.75, 3.05) is 21.5 Å². The number of fused-ring (bicyclic) bond motifs is 1. The Kier molecular flexibility index (Phi) is 8.38. The maximum Gasteiger partial charge on any atom is 0.267 e. The number of sulfone groups is 1. The first-order chi connectivity index (χ1) is 23.2. The van der Waals surface area contributed by atoms with Gasteiger partial charge in [-0.3, -0.25) is 4.72 Å². The molecule has 3 heterocycles. The lowest BCUT2D eigenvalue weighted by molar-refractivity contribution is 0.270. The summed E-state index contributed by atoms with van der Waals surface area (Å²) in [5.74, 6) is -2.68. The van der Waals surface area contributed by atoms with Crippen LogP contribution < -0.4 is 10.0 Å². The van der Waals surface area contributed by atoms with E-state index < -0.39 is 47.9 Å². The number of thiazole rings is 1. The summed E-state index contributed by atoms with van der Waals surface area (Å²) in [6.45, 7) is 8.54. The highest BCUT2D eigenvalue weighted by atomic mass is 32.2. The zero-order valence-electron chi connectivity index (χ0n) is 26.7. The Hall–Kier alpha value is -3.82. The Morgan fingerprint density at radius 2 is 1.73 bits per heavy atom. The molecule has 7 rings (SSSR count). The lowest BCUT2D eigenvalue weighted by atomic mass is 9.67. The smallest absolute Gasteiger partial charge is 0.267 e. The Morgan fingerprint density at radius 1 is 1.04 bits per heavy atom. The first-order valence-electron chi connectivity index (χ1n) is 15.9. The summed E-state index contributed by atoms with van der Waals surface area (Å²) in [4.78, 5) is 13.4. The van der Waals surface area contributed by atoms with Crippen LogP contribution in [0, 0.1) is 35.2 Å². The van der Waals surface area contributed by atoms with Crippen LogP contribution >= 0.6 is 11.3 Å². The molecule has 2 aromatic carbocycles. The van der Waals surface area contributed by atoms with E-state index in [-0.39, 0.29) is 46.1 Å². The number of anilines is 2. The molecule has 2 N–H and O–H groups in total. The zero-order valence-corrected chi connectivity index (χ0v) is 29.2. The maximum absolute atomic E-state index is 16.4. The van der Waals surface area contributed by atoms with Crippen molar-refractivity contribution in [3.05, 3.63) is 83.3 Å². The van der Waals surface area contributed by atoms with Crippen molar-refractivity contribution < 1.29 is 30.0 Å². The third-order valence-electron chi connectivity index (χ3n) is 9.82. The van der Waals surface area contributed by atoms with E-state index in [9.17, 15) is 25.6 Å². The van der Waals surface area contributed by atoms with Gasteiger partial charge in [0, 0.05) is 23.2 Å². The molecule has 258 valence electrons. The SMILES string of the molecule is C=C1CC(C)CC(CC)(c2nc(-c3cccc(NS(=O)(=O)c4c(F)cccc4F)c3F)c(-c3ccnc(N[C@H]4[C@@H]5CS(=O)(=O)C[C@@H]54)n3)s2)C1. The van der Waals surface area contributed by atoms with Gasteiger partial charge in [0.2, 0.25) is 5.95 Å². The van der Waals surface area contributed by atoms with Crippen LogP contribution in [0.5, 0.6) is 0 Å². The highest BCUT2D eigenvalue weighted by Gasteiger charge is 2.59. The van der Waals surface area contributed by atoms with Gasteiger partial charge in [-0.25, -0.2) is 45.0 Å². The van der Waals surface area contributed by atoms with Crippen LogP contribution in [0.15, 0.2) is 65.7 Å². The van der Waals surface area contributed by atoms with Gasteiger partial charge in [-0.15, -0.1) is 11.3 Å². The Morgan fingerprint density at radius 3 is 2.41 bits per heavy atom. The molecule has 3 fully saturated rings. The van der Waals surface area contributed by atoms with Crippen molar-refractivity contribution in [2.45, 2.75) is 55.9 Å². The first kappa shape index (κ1) is 33.7. The summed E-state index contributed by atoms with van der Waals surface area (Å²) < 4.78 is 97.5. The summed E-state index contributed by atoms with van der Waals surface area (Å²) in [5.41, 5.74) is 0.873. The summed E-state index contributed by atoms with van der Waals surface area (Å²) in [6, 6.07) is 8.33. The number of benzene rings is 2. The number of allylic oxidation sites excluding steroid dienone is 1. The number of nitrogens with one attached hydrogen (secondary N) is 2. The fraction of sp³-hybridized carbons (Fsp3) is 0.382. The lowest BCUT2D eigenvalue weighted by Gasteiger charge is -2.39. The Bertz CT molecular complexity index is 2170. The van der Waals surface area contributed by atoms with Crippen molar-refractivity contribution in [3.63, 3.8) is 0 Å². The number of sulfonamides is 1. The van der Waals surface area contributed by atoms with E-state index in [1.165, 1.54) is 29.5 Å². The number of halogens is 3. The second kappa shape index (κ2) is 12.2. The molecule has 0 spiro atoms. The predicted molar refractivity (Wildman–Crippen MR) is 183 cm³/mol. The molecule has 1 aliphatic heterocycles. The van der Waals surface area contributed by atoms with Gasteiger partial charge in [-0.2, -0.15) is 0 Å². The van der Waals surface area contributed by atoms with Crippen molar-refractivity contribution in [2.24, 2.45) is 17.8 Å². The Balaban J connectivity index is 1.30. The molecule has 2 unspecified atom stereocenters. The summed E-state index contributed by atoms with van der Waals surface area (Å²) in [7, 11) is -7.89. The van der Waals surface area contributed by atoms with Gasteiger partial charge in [0.1, 0.15) is 16.6 Å². The van der Waals surface area contributed by atoms with Crippen LogP contribution in [-0.4, -0.2) is 49.3 Å². The monoisotopic (exact) mass is 729 g/mol. The zero-order chi connectivity index (χ0) is 34.9. The minimum atomic E-state index is -4.86. The molecule has 2 aliphatic carbocycles. The molecule has 2 saturated carbocycles. The van der Waals surface area contributed by atoms with Crippen molar-refractivity contribution in [3.8, 4) is 21.8 Å². The van der Waals surface area contributed by atoms with Gasteiger partial charge < -0.3 is 5.32 Å². The van der Waals surface area contributed by atoms with Crippen molar-refractivity contribution >= 4 is 42.8 Å². The van der Waals surface area contributed by atoms with Gasteiger partial charge in [0.25, 0.3) is 10.0 Å². The lowest BCUT2D eigenvalue weighted by Crippen LogP contribution is -2.32. The highest BCUT2D eigenvalue weighted by molar-refractivity contribution is 7.92. The molecule has 0 radical (unpaired) electrons. The van der Waals surface area contributed by atoms with Crippen LogP contribution in [0.4, 0.5) is 24.8 Å². The average Bonchev–Trinajstić information content (AvgIpc) is 3.34. The van der Waals surface area contributed by atoms with E-state index in [0.717, 1.165) is 48.0 Å². The van der Waals surface area contributed by atoms with E-state index in [2.05, 4.69) is 30.7 Å². The van der Waals surface area contributed by atoms with E-state index in [1.807, 2.05) is 4.72 Å². The van der Waals surface area contributed by atoms with Gasteiger partial charge in [-0.05, 0) is 73.8 Å². The molecule has 5 atom stereocenters. The maximum atomic E-state index is 16.4. The second-order valence-corrected chi connectivity index (χ2v) is 18.2. The number of rotatable bonds is 9. The molecule has 4 aromatic rings. The molecule has 0 amide bonds. The third kappa shape index (κ3) is 6.25. The normalized spacial score (nSPS) is 25.9. The Labute approximate surface area is 287 Å². The number of nitrogens with zero attached hydrogens (tertiary/aromatic N) is 3. The van der Waals surface area contributed by atoms with E-state index in [0.29, 0.717) is 28.9 Å². The van der Waals surface area contributed by atoms with Crippen LogP contribution in [0.3, 0.4) is 0 Å². The van der Waals surface area contributed by atoms with Gasteiger partial charge in [-0.1, -0.05) is 38.1 Å². The summed E-state index contributed by atoms with van der Waals surface area (Å²) in [5, 5.41) is 4.04. The van der Waals surface area contributed by atoms with Gasteiger partial charge >= 0.3 is 0 Å². The summed E-state index contributed by atoms with van der Waals surface area (Å²) >= 11 is 1.38. The molecule has 9 nitrogen and oxygen atoms in total. The van der Waals surface area contributed by atoms with E-state index in [1.54, 1.807) is 12.3 Å². The minimum absolute atomic E-state index is 0.00655. The molecule has 49 heavy (non-hydrogen) atoms. The molecule has 1 saturated heterocycles. The van der Waals surface area contributed by atoms with E-state index >= 15 is 4.39 Å². The van der Waals surface area contributed by atoms with Crippen LogP contribution in [0.25, 0.3) is 21.8 Å². The van der Waals surface area contributed by atoms with Crippen LogP contribution in [0.1, 0.15) is 44.5 Å². The summed E-state index contributed by atoms with van der Waals surface area (Å²) in [6.07, 6.45) is 4.77. The molecule has 2 aromatic heterocycles. The largest absolute Gasteiger partial charge is 0.351 e. The highest BCUT2D eigenvalue weighted by Crippen LogP contribution is 2.51. The predicted octanol–water partition coefficient (Wildman–Crippen LogP) is 6.96.